The molecule has 0 aliphatic heterocycles. The van der Waals surface area contributed by atoms with E-state index in [1.165, 1.54) is 18.4 Å². The number of hydrogen-bond donors (Lipinski definition) is 1. The van der Waals surface area contributed by atoms with Crippen molar-refractivity contribution in [2.75, 3.05) is 0 Å². The largest absolute Gasteiger partial charge is 0.466 e. The fraction of sp³-hybridized carbons (Fsp3) is 0.167. The fourth-order valence-corrected chi connectivity index (χ4v) is 1.83. The summed E-state index contributed by atoms with van der Waals surface area (Å²) in [4.78, 5) is 0. The van der Waals surface area contributed by atoms with Gasteiger partial charge >= 0.3 is 0 Å². The molecule has 1 aromatic heterocycles. The van der Waals surface area contributed by atoms with E-state index in [0.717, 1.165) is 0 Å². The molecule has 0 aliphatic rings. The molecule has 16 heavy (non-hydrogen) atoms. The Bertz CT molecular complexity index is 494. The summed E-state index contributed by atoms with van der Waals surface area (Å²) in [6.07, 6.45) is 0.292. The normalized spacial score (nSPS) is 12.8. The smallest absolute Gasteiger partial charge is 0.139 e. The Hall–Kier alpha value is -1.32. The van der Waals surface area contributed by atoms with Crippen molar-refractivity contribution in [1.29, 1.82) is 0 Å². The molecular weight excluding hydrogens is 231 g/mol. The predicted octanol–water partition coefficient (Wildman–Crippen LogP) is 3.46. The first-order valence-corrected chi connectivity index (χ1v) is 5.14. The number of furan rings is 1. The van der Waals surface area contributed by atoms with Crippen molar-refractivity contribution in [2.24, 2.45) is 0 Å². The standard InChI is InChI=1S/C12H10ClFO2/c1-7-5-8(13)6-9(11(7)14)12(15)10-3-2-4-16-10/h2-6,12,15H,1H3. The molecule has 1 aromatic carbocycles. The number of aliphatic hydroxyl groups is 1. The summed E-state index contributed by atoms with van der Waals surface area (Å²) in [7, 11) is 0. The van der Waals surface area contributed by atoms with Crippen LogP contribution in [0.15, 0.2) is 34.9 Å². The van der Waals surface area contributed by atoms with E-state index in [1.807, 2.05) is 0 Å². The Kier molecular flexibility index (Phi) is 2.99. The SMILES string of the molecule is Cc1cc(Cl)cc(C(O)c2ccco2)c1F. The van der Waals surface area contributed by atoms with Gasteiger partial charge in [-0.05, 0) is 36.8 Å². The topological polar surface area (TPSA) is 33.4 Å². The van der Waals surface area contributed by atoms with Crippen molar-refractivity contribution in [3.63, 3.8) is 0 Å². The van der Waals surface area contributed by atoms with Gasteiger partial charge in [0, 0.05) is 10.6 Å². The number of benzene rings is 1. The van der Waals surface area contributed by atoms with Crippen molar-refractivity contribution < 1.29 is 13.9 Å². The lowest BCUT2D eigenvalue weighted by atomic mass is 10.0. The third-order valence-corrected chi connectivity index (χ3v) is 2.57. The molecule has 0 radical (unpaired) electrons. The monoisotopic (exact) mass is 240 g/mol. The molecular formula is C12H10ClFO2. The zero-order chi connectivity index (χ0) is 11.7. The zero-order valence-corrected chi connectivity index (χ0v) is 9.33. The average molecular weight is 241 g/mol. The summed E-state index contributed by atoms with van der Waals surface area (Å²) in [5, 5.41) is 10.3. The molecule has 2 nitrogen and oxygen atoms in total. The summed E-state index contributed by atoms with van der Waals surface area (Å²) in [6, 6.07) is 6.13. The van der Waals surface area contributed by atoms with Gasteiger partial charge in [-0.15, -0.1) is 0 Å². The molecule has 1 heterocycles. The van der Waals surface area contributed by atoms with Crippen molar-refractivity contribution >= 4 is 11.6 Å². The zero-order valence-electron chi connectivity index (χ0n) is 8.58. The summed E-state index contributed by atoms with van der Waals surface area (Å²) in [5.41, 5.74) is 0.521. The van der Waals surface area contributed by atoms with Crippen LogP contribution in [-0.2, 0) is 0 Å². The molecule has 2 rings (SSSR count). The molecule has 0 aliphatic carbocycles. The van der Waals surface area contributed by atoms with Crippen LogP contribution in [0.4, 0.5) is 4.39 Å². The predicted molar refractivity (Wildman–Crippen MR) is 58.9 cm³/mol. The highest BCUT2D eigenvalue weighted by Gasteiger charge is 2.19. The number of rotatable bonds is 2. The maximum Gasteiger partial charge on any atom is 0.139 e. The minimum absolute atomic E-state index is 0.125. The second kappa shape index (κ2) is 4.28. The van der Waals surface area contributed by atoms with Gasteiger partial charge in [-0.25, -0.2) is 4.39 Å². The molecule has 84 valence electrons. The van der Waals surface area contributed by atoms with E-state index in [1.54, 1.807) is 19.1 Å². The molecule has 0 bridgehead atoms. The lowest BCUT2D eigenvalue weighted by molar-refractivity contribution is 0.184. The maximum absolute atomic E-state index is 13.8. The van der Waals surface area contributed by atoms with Crippen molar-refractivity contribution in [1.82, 2.24) is 0 Å². The van der Waals surface area contributed by atoms with Crippen LogP contribution in [0, 0.1) is 12.7 Å². The number of hydrogen-bond acceptors (Lipinski definition) is 2. The van der Waals surface area contributed by atoms with Crippen molar-refractivity contribution in [3.8, 4) is 0 Å². The highest BCUT2D eigenvalue weighted by molar-refractivity contribution is 6.30. The number of aliphatic hydroxyl groups excluding tert-OH is 1. The van der Waals surface area contributed by atoms with Crippen LogP contribution >= 0.6 is 11.6 Å². The molecule has 1 N–H and O–H groups in total. The van der Waals surface area contributed by atoms with E-state index in [9.17, 15) is 9.50 Å². The maximum atomic E-state index is 13.8. The Morgan fingerprint density at radius 1 is 1.44 bits per heavy atom. The molecule has 0 spiro atoms. The highest BCUT2D eigenvalue weighted by Crippen LogP contribution is 2.28. The first kappa shape index (κ1) is 11.2. The van der Waals surface area contributed by atoms with Crippen LogP contribution in [0.3, 0.4) is 0 Å². The van der Waals surface area contributed by atoms with Gasteiger partial charge in [-0.3, -0.25) is 0 Å². The first-order valence-electron chi connectivity index (χ1n) is 4.76. The summed E-state index contributed by atoms with van der Waals surface area (Å²) >= 11 is 5.82. The Morgan fingerprint density at radius 2 is 2.19 bits per heavy atom. The van der Waals surface area contributed by atoms with E-state index >= 15 is 0 Å². The van der Waals surface area contributed by atoms with Crippen LogP contribution in [0.1, 0.15) is 23.0 Å². The second-order valence-corrected chi connectivity index (χ2v) is 3.98. The van der Waals surface area contributed by atoms with Gasteiger partial charge in [0.05, 0.1) is 6.26 Å². The Labute approximate surface area is 97.3 Å². The van der Waals surface area contributed by atoms with Gasteiger partial charge in [0.15, 0.2) is 0 Å². The highest BCUT2D eigenvalue weighted by atomic mass is 35.5. The summed E-state index contributed by atoms with van der Waals surface area (Å²) < 4.78 is 18.8. The van der Waals surface area contributed by atoms with Gasteiger partial charge in [-0.1, -0.05) is 11.6 Å². The van der Waals surface area contributed by atoms with E-state index in [0.29, 0.717) is 16.3 Å². The second-order valence-electron chi connectivity index (χ2n) is 3.54. The number of halogens is 2. The van der Waals surface area contributed by atoms with Crippen LogP contribution in [-0.4, -0.2) is 5.11 Å². The van der Waals surface area contributed by atoms with E-state index in [2.05, 4.69) is 0 Å². The van der Waals surface area contributed by atoms with E-state index in [-0.39, 0.29) is 5.56 Å². The van der Waals surface area contributed by atoms with Gasteiger partial charge in [0.2, 0.25) is 0 Å². The van der Waals surface area contributed by atoms with Gasteiger partial charge in [0.25, 0.3) is 0 Å². The minimum atomic E-state index is -1.13. The van der Waals surface area contributed by atoms with Crippen LogP contribution in [0.2, 0.25) is 5.02 Å². The summed E-state index contributed by atoms with van der Waals surface area (Å²) in [6.45, 7) is 1.60. The molecule has 1 atom stereocenters. The minimum Gasteiger partial charge on any atom is -0.466 e. The van der Waals surface area contributed by atoms with Crippen LogP contribution < -0.4 is 0 Å². The molecule has 4 heteroatoms. The third kappa shape index (κ3) is 1.96. The van der Waals surface area contributed by atoms with Gasteiger partial charge in [-0.2, -0.15) is 0 Å². The van der Waals surface area contributed by atoms with Crippen molar-refractivity contribution in [3.05, 3.63) is 58.3 Å². The van der Waals surface area contributed by atoms with Crippen LogP contribution in [0.25, 0.3) is 0 Å². The average Bonchev–Trinajstić information content (AvgIpc) is 2.75. The quantitative estimate of drug-likeness (QED) is 0.872. The van der Waals surface area contributed by atoms with Crippen molar-refractivity contribution in [2.45, 2.75) is 13.0 Å². The molecule has 2 aromatic rings. The lowest BCUT2D eigenvalue weighted by Gasteiger charge is -2.11. The molecule has 0 fully saturated rings. The molecule has 0 saturated carbocycles. The Balaban J connectivity index is 2.48. The van der Waals surface area contributed by atoms with Gasteiger partial charge in [0.1, 0.15) is 17.7 Å². The molecule has 0 saturated heterocycles. The molecule has 0 amide bonds. The third-order valence-electron chi connectivity index (χ3n) is 2.35. The fourth-order valence-electron chi connectivity index (χ4n) is 1.55. The van der Waals surface area contributed by atoms with Crippen LogP contribution in [0.5, 0.6) is 0 Å². The van der Waals surface area contributed by atoms with Gasteiger partial charge < -0.3 is 9.52 Å². The molecule has 1 unspecified atom stereocenters. The van der Waals surface area contributed by atoms with E-state index < -0.39 is 11.9 Å². The number of aryl methyl sites for hydroxylation is 1. The Morgan fingerprint density at radius 3 is 2.81 bits per heavy atom. The van der Waals surface area contributed by atoms with E-state index in [4.69, 9.17) is 16.0 Å². The first-order chi connectivity index (χ1) is 7.59. The summed E-state index contributed by atoms with van der Waals surface area (Å²) in [5.74, 6) is -0.172. The lowest BCUT2D eigenvalue weighted by Crippen LogP contribution is -2.03.